The van der Waals surface area contributed by atoms with Gasteiger partial charge in [-0.05, 0) is 24.6 Å². The van der Waals surface area contributed by atoms with Crippen molar-refractivity contribution in [2.45, 2.75) is 24.8 Å². The number of carbonyl (C=O) groups is 1. The number of hydrogen-bond donors (Lipinski definition) is 2. The molecular weight excluding hydrogens is 296 g/mol. The summed E-state index contributed by atoms with van der Waals surface area (Å²) in [7, 11) is -3.79. The van der Waals surface area contributed by atoms with Gasteiger partial charge in [0.15, 0.2) is 0 Å². The van der Waals surface area contributed by atoms with Crippen molar-refractivity contribution >= 4 is 21.8 Å². The van der Waals surface area contributed by atoms with Crippen LogP contribution in [0.5, 0.6) is 0 Å². The third kappa shape index (κ3) is 4.02. The van der Waals surface area contributed by atoms with E-state index in [1.54, 1.807) is 12.1 Å². The summed E-state index contributed by atoms with van der Waals surface area (Å²) in [6.07, 6.45) is 3.82. The second kappa shape index (κ2) is 5.92. The summed E-state index contributed by atoms with van der Waals surface area (Å²) >= 11 is 0. The number of anilines is 1. The average Bonchev–Trinajstić information content (AvgIpc) is 2.85. The van der Waals surface area contributed by atoms with Gasteiger partial charge in [-0.1, -0.05) is 0 Å². The number of hydrogen-bond acceptors (Lipinski definition) is 5. The van der Waals surface area contributed by atoms with Crippen molar-refractivity contribution in [1.29, 1.82) is 0 Å². The lowest BCUT2D eigenvalue weighted by Gasteiger charge is -2.05. The van der Waals surface area contributed by atoms with Gasteiger partial charge in [0, 0.05) is 12.4 Å². The highest BCUT2D eigenvalue weighted by atomic mass is 32.2. The molecule has 0 saturated carbocycles. The summed E-state index contributed by atoms with van der Waals surface area (Å²) in [5.41, 5.74) is 0.875. The van der Waals surface area contributed by atoms with Gasteiger partial charge in [-0.15, -0.1) is 0 Å². The van der Waals surface area contributed by atoms with Crippen LogP contribution in [0, 0.1) is 6.92 Å². The van der Waals surface area contributed by atoms with Crippen LogP contribution >= 0.6 is 0 Å². The Morgan fingerprint density at radius 3 is 2.90 bits per heavy atom. The SMILES string of the molecule is Cc1ccnc(NS(=O)(=O)c2cnn(CCC(=O)O)c2)c1. The largest absolute Gasteiger partial charge is 0.481 e. The molecule has 2 rings (SSSR count). The molecule has 2 heterocycles. The zero-order valence-electron chi connectivity index (χ0n) is 11.2. The highest BCUT2D eigenvalue weighted by molar-refractivity contribution is 7.92. The fourth-order valence-corrected chi connectivity index (χ4v) is 2.56. The van der Waals surface area contributed by atoms with Crippen molar-refractivity contribution < 1.29 is 18.3 Å². The number of sulfonamides is 1. The first-order valence-corrected chi connectivity index (χ1v) is 7.55. The first kappa shape index (κ1) is 15.0. The van der Waals surface area contributed by atoms with Crippen LogP contribution in [0.15, 0.2) is 35.6 Å². The van der Waals surface area contributed by atoms with Gasteiger partial charge < -0.3 is 5.11 Å². The predicted molar refractivity (Wildman–Crippen MR) is 74.3 cm³/mol. The van der Waals surface area contributed by atoms with Crippen LogP contribution in [-0.4, -0.2) is 34.3 Å². The van der Waals surface area contributed by atoms with E-state index in [2.05, 4.69) is 14.8 Å². The Kier molecular flexibility index (Phi) is 4.22. The van der Waals surface area contributed by atoms with Gasteiger partial charge >= 0.3 is 5.97 Å². The number of carboxylic acids is 1. The normalized spacial score (nSPS) is 11.3. The Morgan fingerprint density at radius 2 is 2.24 bits per heavy atom. The topological polar surface area (TPSA) is 114 Å². The van der Waals surface area contributed by atoms with E-state index in [1.807, 2.05) is 6.92 Å². The maximum atomic E-state index is 12.1. The first-order valence-electron chi connectivity index (χ1n) is 6.06. The number of aromatic nitrogens is 3. The van der Waals surface area contributed by atoms with Crippen LogP contribution in [0.1, 0.15) is 12.0 Å². The lowest BCUT2D eigenvalue weighted by atomic mass is 10.3. The summed E-state index contributed by atoms with van der Waals surface area (Å²) in [5, 5.41) is 12.4. The molecule has 8 nitrogen and oxygen atoms in total. The lowest BCUT2D eigenvalue weighted by molar-refractivity contribution is -0.137. The van der Waals surface area contributed by atoms with Gasteiger partial charge in [-0.2, -0.15) is 5.10 Å². The lowest BCUT2D eigenvalue weighted by Crippen LogP contribution is -2.13. The summed E-state index contributed by atoms with van der Waals surface area (Å²) in [4.78, 5) is 14.3. The van der Waals surface area contributed by atoms with E-state index in [1.165, 1.54) is 23.3 Å². The smallest absolute Gasteiger partial charge is 0.305 e. The summed E-state index contributed by atoms with van der Waals surface area (Å²) < 4.78 is 27.9. The molecule has 0 aliphatic carbocycles. The van der Waals surface area contributed by atoms with Crippen molar-refractivity contribution in [3.8, 4) is 0 Å². The van der Waals surface area contributed by atoms with Gasteiger partial charge in [0.05, 0.1) is 19.2 Å². The standard InChI is InChI=1S/C12H14N4O4S/c1-9-2-4-13-11(6-9)15-21(19,20)10-7-14-16(8-10)5-3-12(17)18/h2,4,6-8H,3,5H2,1H3,(H,13,15)(H,17,18). The number of nitrogens with zero attached hydrogens (tertiary/aromatic N) is 3. The van der Waals surface area contributed by atoms with E-state index >= 15 is 0 Å². The molecule has 0 unspecified atom stereocenters. The highest BCUT2D eigenvalue weighted by Crippen LogP contribution is 2.14. The third-order valence-electron chi connectivity index (χ3n) is 2.63. The minimum absolute atomic E-state index is 0.0452. The second-order valence-corrected chi connectivity index (χ2v) is 6.09. The fraction of sp³-hybridized carbons (Fsp3) is 0.250. The number of carboxylic acid groups (broad SMARTS) is 1. The molecule has 0 aliphatic rings. The molecule has 112 valence electrons. The Hall–Kier alpha value is -2.42. The third-order valence-corrected chi connectivity index (χ3v) is 3.94. The molecule has 0 atom stereocenters. The van der Waals surface area contributed by atoms with Crippen molar-refractivity contribution in [3.05, 3.63) is 36.3 Å². The number of nitrogens with one attached hydrogen (secondary N) is 1. The molecule has 0 fully saturated rings. The summed E-state index contributed by atoms with van der Waals surface area (Å²) in [5.74, 6) is -0.759. The monoisotopic (exact) mass is 310 g/mol. The van der Waals surface area contributed by atoms with Crippen LogP contribution in [0.2, 0.25) is 0 Å². The van der Waals surface area contributed by atoms with Gasteiger partial charge in [0.25, 0.3) is 10.0 Å². The fourth-order valence-electron chi connectivity index (χ4n) is 1.60. The second-order valence-electron chi connectivity index (χ2n) is 4.41. The van der Waals surface area contributed by atoms with Crippen LogP contribution in [0.3, 0.4) is 0 Å². The van der Waals surface area contributed by atoms with E-state index in [-0.39, 0.29) is 23.7 Å². The van der Waals surface area contributed by atoms with E-state index in [0.717, 1.165) is 5.56 Å². The Bertz CT molecular complexity index is 754. The molecule has 21 heavy (non-hydrogen) atoms. The zero-order valence-corrected chi connectivity index (χ0v) is 12.0. The average molecular weight is 310 g/mol. The number of aryl methyl sites for hydroxylation is 2. The maximum Gasteiger partial charge on any atom is 0.305 e. The minimum atomic E-state index is -3.79. The molecule has 2 aromatic rings. The molecule has 0 amide bonds. The van der Waals surface area contributed by atoms with Crippen molar-refractivity contribution in [2.24, 2.45) is 0 Å². The molecule has 0 spiro atoms. The Balaban J connectivity index is 2.14. The Morgan fingerprint density at radius 1 is 1.48 bits per heavy atom. The molecule has 0 radical (unpaired) electrons. The zero-order chi connectivity index (χ0) is 15.5. The summed E-state index contributed by atoms with van der Waals surface area (Å²) in [6.45, 7) is 1.93. The number of pyridine rings is 1. The quantitative estimate of drug-likeness (QED) is 0.818. The number of aliphatic carboxylic acids is 1. The summed E-state index contributed by atoms with van der Waals surface area (Å²) in [6, 6.07) is 3.36. The van der Waals surface area contributed by atoms with E-state index < -0.39 is 16.0 Å². The van der Waals surface area contributed by atoms with Crippen molar-refractivity contribution in [1.82, 2.24) is 14.8 Å². The molecule has 9 heteroatoms. The minimum Gasteiger partial charge on any atom is -0.481 e. The van der Waals surface area contributed by atoms with Gasteiger partial charge in [0.1, 0.15) is 10.7 Å². The van der Waals surface area contributed by atoms with Crippen molar-refractivity contribution in [2.75, 3.05) is 4.72 Å². The molecule has 0 saturated heterocycles. The first-order chi connectivity index (χ1) is 9.87. The molecule has 2 N–H and O–H groups in total. The maximum absolute atomic E-state index is 12.1. The molecule has 2 aromatic heterocycles. The highest BCUT2D eigenvalue weighted by Gasteiger charge is 2.17. The van der Waals surface area contributed by atoms with Gasteiger partial charge in [-0.3, -0.25) is 14.2 Å². The van der Waals surface area contributed by atoms with Gasteiger partial charge in [0.2, 0.25) is 0 Å². The molecule has 0 aliphatic heterocycles. The van der Waals surface area contributed by atoms with Crippen LogP contribution in [0.4, 0.5) is 5.82 Å². The van der Waals surface area contributed by atoms with Gasteiger partial charge in [-0.25, -0.2) is 13.4 Å². The van der Waals surface area contributed by atoms with E-state index in [4.69, 9.17) is 5.11 Å². The van der Waals surface area contributed by atoms with Crippen LogP contribution in [0.25, 0.3) is 0 Å². The molecular formula is C12H14N4O4S. The van der Waals surface area contributed by atoms with E-state index in [9.17, 15) is 13.2 Å². The predicted octanol–water partition coefficient (Wildman–Crippen LogP) is 0.862. The number of rotatable bonds is 6. The van der Waals surface area contributed by atoms with Crippen LogP contribution in [-0.2, 0) is 21.4 Å². The molecule has 0 bridgehead atoms. The molecule has 0 aromatic carbocycles. The van der Waals surface area contributed by atoms with Crippen molar-refractivity contribution in [3.63, 3.8) is 0 Å². The van der Waals surface area contributed by atoms with E-state index in [0.29, 0.717) is 0 Å². The Labute approximate surface area is 121 Å². The van der Waals surface area contributed by atoms with Crippen LogP contribution < -0.4 is 4.72 Å².